The Morgan fingerprint density at radius 1 is 1.10 bits per heavy atom. The van der Waals surface area contributed by atoms with Crippen LogP contribution in [0.1, 0.15) is 24.1 Å². The van der Waals surface area contributed by atoms with Gasteiger partial charge in [-0.05, 0) is 36.6 Å². The highest BCUT2D eigenvalue weighted by atomic mass is 19.1. The van der Waals surface area contributed by atoms with Crippen molar-refractivity contribution in [1.82, 2.24) is 19.9 Å². The predicted octanol–water partition coefficient (Wildman–Crippen LogP) is 3.25. The maximum absolute atomic E-state index is 14.1. The molecule has 0 bridgehead atoms. The average molecular weight is 406 g/mol. The molecule has 0 radical (unpaired) electrons. The molecule has 2 aromatic heterocycles. The molecule has 1 amide bonds. The lowest BCUT2D eigenvalue weighted by molar-refractivity contribution is -0.136. The molecule has 1 aromatic carbocycles. The monoisotopic (exact) mass is 406 g/mol. The van der Waals surface area contributed by atoms with E-state index < -0.39 is 5.41 Å². The van der Waals surface area contributed by atoms with E-state index in [9.17, 15) is 9.18 Å². The number of rotatable bonds is 5. The Bertz CT molecular complexity index is 1040. The third-order valence-corrected chi connectivity index (χ3v) is 6.09. The number of halogens is 1. The van der Waals surface area contributed by atoms with Gasteiger partial charge >= 0.3 is 0 Å². The van der Waals surface area contributed by atoms with Gasteiger partial charge in [-0.15, -0.1) is 0 Å². The van der Waals surface area contributed by atoms with Crippen LogP contribution in [0, 0.1) is 5.82 Å². The molecule has 1 aliphatic heterocycles. The number of piperazine rings is 1. The Balaban J connectivity index is 1.25. The molecular formula is C23H23FN4O2. The summed E-state index contributed by atoms with van der Waals surface area (Å²) in [6.07, 6.45) is 5.17. The van der Waals surface area contributed by atoms with E-state index in [0.29, 0.717) is 30.1 Å². The number of aromatic nitrogens is 2. The second-order valence-corrected chi connectivity index (χ2v) is 8.07. The Hall–Kier alpha value is -3.06. The van der Waals surface area contributed by atoms with Crippen LogP contribution in [0.25, 0.3) is 11.3 Å². The van der Waals surface area contributed by atoms with Gasteiger partial charge in [-0.25, -0.2) is 4.39 Å². The van der Waals surface area contributed by atoms with Crippen LogP contribution in [-0.4, -0.2) is 52.0 Å². The first-order chi connectivity index (χ1) is 14.7. The molecule has 2 fully saturated rings. The molecule has 2 aliphatic rings. The van der Waals surface area contributed by atoms with Crippen molar-refractivity contribution in [2.75, 3.05) is 26.2 Å². The summed E-state index contributed by atoms with van der Waals surface area (Å²) >= 11 is 0. The summed E-state index contributed by atoms with van der Waals surface area (Å²) in [6, 6.07) is 12.2. The number of benzene rings is 1. The quantitative estimate of drug-likeness (QED) is 0.651. The average Bonchev–Trinajstić information content (AvgIpc) is 3.45. The van der Waals surface area contributed by atoms with Crippen LogP contribution in [0.2, 0.25) is 0 Å². The summed E-state index contributed by atoms with van der Waals surface area (Å²) in [6.45, 7) is 3.89. The van der Waals surface area contributed by atoms with Crippen molar-refractivity contribution in [3.05, 3.63) is 71.9 Å². The van der Waals surface area contributed by atoms with E-state index in [0.717, 1.165) is 32.5 Å². The third-order valence-electron chi connectivity index (χ3n) is 6.09. The second-order valence-electron chi connectivity index (χ2n) is 8.07. The van der Waals surface area contributed by atoms with Crippen molar-refractivity contribution in [1.29, 1.82) is 0 Å². The molecule has 154 valence electrons. The lowest BCUT2D eigenvalue weighted by atomic mass is 9.99. The van der Waals surface area contributed by atoms with Crippen LogP contribution in [0.15, 0.2) is 59.4 Å². The molecule has 0 atom stereocenters. The number of hydrogen-bond acceptors (Lipinski definition) is 5. The molecule has 3 heterocycles. The number of pyridine rings is 1. The minimum Gasteiger partial charge on any atom is -0.356 e. The second kappa shape index (κ2) is 7.65. The highest BCUT2D eigenvalue weighted by Crippen LogP contribution is 2.50. The van der Waals surface area contributed by atoms with E-state index in [1.165, 1.54) is 11.6 Å². The molecule has 0 N–H and O–H groups in total. The molecule has 0 unspecified atom stereocenters. The largest absolute Gasteiger partial charge is 0.356 e. The fourth-order valence-electron chi connectivity index (χ4n) is 4.15. The first kappa shape index (κ1) is 18.9. The van der Waals surface area contributed by atoms with Crippen LogP contribution in [0.5, 0.6) is 0 Å². The SMILES string of the molecule is O=C(N1CCN(Cc2cccnc2)CC1)C1(c2cc(-c3ccccc3F)on2)CC1. The van der Waals surface area contributed by atoms with Gasteiger partial charge in [-0.1, -0.05) is 23.4 Å². The first-order valence-electron chi connectivity index (χ1n) is 10.3. The van der Waals surface area contributed by atoms with Gasteiger partial charge in [0.1, 0.15) is 5.82 Å². The van der Waals surface area contributed by atoms with Crippen LogP contribution in [0.3, 0.4) is 0 Å². The van der Waals surface area contributed by atoms with Gasteiger partial charge in [-0.2, -0.15) is 0 Å². The standard InChI is InChI=1S/C23H23FN4O2/c24-19-6-2-1-5-18(19)20-14-21(26-30-20)23(7-8-23)22(29)28-12-10-27(11-13-28)16-17-4-3-9-25-15-17/h1-6,9,14-15H,7-8,10-13,16H2. The zero-order valence-electron chi connectivity index (χ0n) is 16.6. The fraction of sp³-hybridized carbons (Fsp3) is 0.348. The summed E-state index contributed by atoms with van der Waals surface area (Å²) in [4.78, 5) is 21.7. The molecule has 0 spiro atoms. The van der Waals surface area contributed by atoms with Crippen LogP contribution >= 0.6 is 0 Å². The van der Waals surface area contributed by atoms with E-state index in [1.54, 1.807) is 30.5 Å². The minimum absolute atomic E-state index is 0.108. The van der Waals surface area contributed by atoms with Gasteiger partial charge in [0.15, 0.2) is 5.76 Å². The van der Waals surface area contributed by atoms with E-state index in [2.05, 4.69) is 21.1 Å². The van der Waals surface area contributed by atoms with Crippen LogP contribution in [0.4, 0.5) is 4.39 Å². The van der Waals surface area contributed by atoms with Crippen molar-refractivity contribution in [2.45, 2.75) is 24.8 Å². The normalized spacial score (nSPS) is 18.4. The minimum atomic E-state index is -0.613. The first-order valence-corrected chi connectivity index (χ1v) is 10.3. The molecule has 1 saturated heterocycles. The maximum Gasteiger partial charge on any atom is 0.235 e. The smallest absolute Gasteiger partial charge is 0.235 e. The molecule has 30 heavy (non-hydrogen) atoms. The molecule has 1 saturated carbocycles. The summed E-state index contributed by atoms with van der Waals surface area (Å²) < 4.78 is 19.5. The van der Waals surface area contributed by atoms with Gasteiger partial charge in [0.25, 0.3) is 0 Å². The maximum atomic E-state index is 14.1. The number of carbonyl (C=O) groups excluding carboxylic acids is 1. The number of amides is 1. The highest BCUT2D eigenvalue weighted by Gasteiger charge is 2.55. The van der Waals surface area contributed by atoms with Crippen molar-refractivity contribution in [3.63, 3.8) is 0 Å². The molecular weight excluding hydrogens is 383 g/mol. The molecule has 5 rings (SSSR count). The van der Waals surface area contributed by atoms with Crippen molar-refractivity contribution in [3.8, 4) is 11.3 Å². The van der Waals surface area contributed by atoms with Crippen molar-refractivity contribution < 1.29 is 13.7 Å². The van der Waals surface area contributed by atoms with Crippen LogP contribution in [-0.2, 0) is 16.8 Å². The van der Waals surface area contributed by atoms with E-state index in [-0.39, 0.29) is 11.7 Å². The van der Waals surface area contributed by atoms with Crippen molar-refractivity contribution >= 4 is 5.91 Å². The zero-order valence-corrected chi connectivity index (χ0v) is 16.6. The van der Waals surface area contributed by atoms with Crippen molar-refractivity contribution in [2.24, 2.45) is 0 Å². The van der Waals surface area contributed by atoms with Gasteiger partial charge in [0, 0.05) is 51.2 Å². The summed E-state index contributed by atoms with van der Waals surface area (Å²) in [5, 5.41) is 4.15. The number of carbonyl (C=O) groups is 1. The Kier molecular flexibility index (Phi) is 4.83. The lowest BCUT2D eigenvalue weighted by Gasteiger charge is -2.36. The number of nitrogens with zero attached hydrogens (tertiary/aromatic N) is 4. The highest BCUT2D eigenvalue weighted by molar-refractivity contribution is 5.91. The Morgan fingerprint density at radius 2 is 1.90 bits per heavy atom. The lowest BCUT2D eigenvalue weighted by Crippen LogP contribution is -2.51. The molecule has 3 aromatic rings. The number of hydrogen-bond donors (Lipinski definition) is 0. The zero-order chi connectivity index (χ0) is 20.6. The molecule has 1 aliphatic carbocycles. The summed E-state index contributed by atoms with van der Waals surface area (Å²) in [5.41, 5.74) is 1.55. The van der Waals surface area contributed by atoms with Gasteiger partial charge in [0.05, 0.1) is 16.7 Å². The van der Waals surface area contributed by atoms with E-state index in [4.69, 9.17) is 4.52 Å². The fourth-order valence-corrected chi connectivity index (χ4v) is 4.15. The van der Waals surface area contributed by atoms with Gasteiger partial charge < -0.3 is 9.42 Å². The van der Waals surface area contributed by atoms with Gasteiger partial charge in [-0.3, -0.25) is 14.7 Å². The summed E-state index contributed by atoms with van der Waals surface area (Å²) in [7, 11) is 0. The van der Waals surface area contributed by atoms with Gasteiger partial charge in [0.2, 0.25) is 5.91 Å². The molecule has 7 heteroatoms. The molecule has 6 nitrogen and oxygen atoms in total. The Labute approximate surface area is 174 Å². The van der Waals surface area contributed by atoms with E-state index in [1.807, 2.05) is 17.2 Å². The topological polar surface area (TPSA) is 62.5 Å². The Morgan fingerprint density at radius 3 is 2.60 bits per heavy atom. The van der Waals surface area contributed by atoms with E-state index >= 15 is 0 Å². The third kappa shape index (κ3) is 3.50. The summed E-state index contributed by atoms with van der Waals surface area (Å²) in [5.74, 6) is 0.112. The van der Waals surface area contributed by atoms with Crippen LogP contribution < -0.4 is 0 Å². The predicted molar refractivity (Wildman–Crippen MR) is 109 cm³/mol.